The predicted molar refractivity (Wildman–Crippen MR) is 65.3 cm³/mol. The SMILES string of the molecule is O=S1(=O)CCCC(CN2CCCNCC2)C1. The molecule has 0 amide bonds. The van der Waals surface area contributed by atoms with E-state index in [2.05, 4.69) is 10.2 Å². The maximum absolute atomic E-state index is 11.5. The fourth-order valence-corrected chi connectivity index (χ4v) is 4.47. The van der Waals surface area contributed by atoms with Crippen molar-refractivity contribution in [3.05, 3.63) is 0 Å². The Bertz CT molecular complexity index is 308. The lowest BCUT2D eigenvalue weighted by Gasteiger charge is -2.28. The largest absolute Gasteiger partial charge is 0.315 e. The maximum Gasteiger partial charge on any atom is 0.150 e. The van der Waals surface area contributed by atoms with Crippen molar-refractivity contribution in [3.8, 4) is 0 Å². The summed E-state index contributed by atoms with van der Waals surface area (Å²) in [7, 11) is -2.73. The molecule has 0 aliphatic carbocycles. The molecular weight excluding hydrogens is 224 g/mol. The molecule has 94 valence electrons. The van der Waals surface area contributed by atoms with E-state index < -0.39 is 9.84 Å². The normalized spacial score (nSPS) is 32.1. The van der Waals surface area contributed by atoms with Gasteiger partial charge in [0.1, 0.15) is 0 Å². The van der Waals surface area contributed by atoms with Gasteiger partial charge in [0, 0.05) is 19.6 Å². The van der Waals surface area contributed by atoms with Gasteiger partial charge in [-0.2, -0.15) is 0 Å². The van der Waals surface area contributed by atoms with Gasteiger partial charge in [-0.3, -0.25) is 0 Å². The highest BCUT2D eigenvalue weighted by Gasteiger charge is 2.26. The van der Waals surface area contributed by atoms with E-state index in [1.807, 2.05) is 0 Å². The molecule has 2 fully saturated rings. The summed E-state index contributed by atoms with van der Waals surface area (Å²) in [5.74, 6) is 1.19. The first-order valence-corrected chi connectivity index (χ1v) is 8.11. The van der Waals surface area contributed by atoms with E-state index in [-0.39, 0.29) is 0 Å². The van der Waals surface area contributed by atoms with Crippen LogP contribution in [0.25, 0.3) is 0 Å². The Labute approximate surface area is 98.3 Å². The Morgan fingerprint density at radius 2 is 2.06 bits per heavy atom. The van der Waals surface area contributed by atoms with Gasteiger partial charge >= 0.3 is 0 Å². The molecule has 0 saturated carbocycles. The van der Waals surface area contributed by atoms with Crippen LogP contribution < -0.4 is 5.32 Å². The van der Waals surface area contributed by atoms with Crippen LogP contribution >= 0.6 is 0 Å². The minimum absolute atomic E-state index is 0.372. The Morgan fingerprint density at radius 1 is 1.19 bits per heavy atom. The number of hydrogen-bond donors (Lipinski definition) is 1. The molecule has 0 aromatic rings. The highest BCUT2D eigenvalue weighted by atomic mass is 32.2. The summed E-state index contributed by atoms with van der Waals surface area (Å²) < 4.78 is 23.1. The van der Waals surface area contributed by atoms with E-state index in [1.54, 1.807) is 0 Å². The molecule has 2 aliphatic rings. The minimum atomic E-state index is -2.73. The van der Waals surface area contributed by atoms with Crippen molar-refractivity contribution in [1.82, 2.24) is 10.2 Å². The Morgan fingerprint density at radius 3 is 2.88 bits per heavy atom. The van der Waals surface area contributed by atoms with Crippen molar-refractivity contribution in [2.45, 2.75) is 19.3 Å². The van der Waals surface area contributed by atoms with Crippen LogP contribution in [0.2, 0.25) is 0 Å². The van der Waals surface area contributed by atoms with Gasteiger partial charge in [0.15, 0.2) is 9.84 Å². The zero-order valence-electron chi connectivity index (χ0n) is 9.82. The molecule has 2 saturated heterocycles. The van der Waals surface area contributed by atoms with Crippen LogP contribution in [0.15, 0.2) is 0 Å². The highest BCUT2D eigenvalue weighted by Crippen LogP contribution is 2.19. The fraction of sp³-hybridized carbons (Fsp3) is 1.00. The first-order valence-electron chi connectivity index (χ1n) is 6.29. The third kappa shape index (κ3) is 3.71. The number of hydrogen-bond acceptors (Lipinski definition) is 4. The molecule has 1 unspecified atom stereocenters. The quantitative estimate of drug-likeness (QED) is 0.751. The molecule has 4 nitrogen and oxygen atoms in total. The summed E-state index contributed by atoms with van der Waals surface area (Å²) in [5.41, 5.74) is 0. The highest BCUT2D eigenvalue weighted by molar-refractivity contribution is 7.91. The zero-order chi connectivity index (χ0) is 11.4. The van der Waals surface area contributed by atoms with Gasteiger partial charge in [-0.15, -0.1) is 0 Å². The van der Waals surface area contributed by atoms with Crippen LogP contribution in [-0.2, 0) is 9.84 Å². The molecule has 0 aromatic heterocycles. The van der Waals surface area contributed by atoms with E-state index in [4.69, 9.17) is 0 Å². The molecule has 1 N–H and O–H groups in total. The van der Waals surface area contributed by atoms with Crippen molar-refractivity contribution in [3.63, 3.8) is 0 Å². The van der Waals surface area contributed by atoms with E-state index in [0.29, 0.717) is 17.4 Å². The van der Waals surface area contributed by atoms with Gasteiger partial charge in [-0.25, -0.2) is 8.42 Å². The van der Waals surface area contributed by atoms with Crippen molar-refractivity contribution >= 4 is 9.84 Å². The average Bonchev–Trinajstić information content (AvgIpc) is 2.45. The van der Waals surface area contributed by atoms with E-state index in [0.717, 1.165) is 45.6 Å². The Balaban J connectivity index is 1.83. The lowest BCUT2D eigenvalue weighted by Crippen LogP contribution is -2.37. The van der Waals surface area contributed by atoms with Gasteiger partial charge in [-0.1, -0.05) is 0 Å². The second-order valence-electron chi connectivity index (χ2n) is 5.03. The van der Waals surface area contributed by atoms with Crippen LogP contribution in [0.5, 0.6) is 0 Å². The van der Waals surface area contributed by atoms with Gasteiger partial charge in [0.05, 0.1) is 11.5 Å². The lowest BCUT2D eigenvalue weighted by molar-refractivity contribution is 0.244. The summed E-state index contributed by atoms with van der Waals surface area (Å²) in [6, 6.07) is 0. The summed E-state index contributed by atoms with van der Waals surface area (Å²) >= 11 is 0. The molecule has 2 rings (SSSR count). The van der Waals surface area contributed by atoms with Crippen LogP contribution in [0.1, 0.15) is 19.3 Å². The first kappa shape index (κ1) is 12.3. The lowest BCUT2D eigenvalue weighted by atomic mass is 10.0. The molecule has 16 heavy (non-hydrogen) atoms. The summed E-state index contributed by atoms with van der Waals surface area (Å²) in [5, 5.41) is 3.37. The molecule has 5 heteroatoms. The third-order valence-electron chi connectivity index (χ3n) is 3.51. The van der Waals surface area contributed by atoms with Crippen molar-refractivity contribution in [1.29, 1.82) is 0 Å². The van der Waals surface area contributed by atoms with Gasteiger partial charge in [0.25, 0.3) is 0 Å². The molecule has 0 bridgehead atoms. The minimum Gasteiger partial charge on any atom is -0.315 e. The Kier molecular flexibility index (Phi) is 4.21. The number of nitrogens with zero attached hydrogens (tertiary/aromatic N) is 1. The molecular formula is C11H22N2O2S. The van der Waals surface area contributed by atoms with Crippen molar-refractivity contribution < 1.29 is 8.42 Å². The second-order valence-corrected chi connectivity index (χ2v) is 7.26. The van der Waals surface area contributed by atoms with Gasteiger partial charge in [-0.05, 0) is 38.3 Å². The van der Waals surface area contributed by atoms with E-state index in [9.17, 15) is 8.42 Å². The average molecular weight is 246 g/mol. The van der Waals surface area contributed by atoms with E-state index in [1.165, 1.54) is 6.42 Å². The van der Waals surface area contributed by atoms with Crippen molar-refractivity contribution in [2.75, 3.05) is 44.2 Å². The molecule has 1 atom stereocenters. The molecule has 2 heterocycles. The summed E-state index contributed by atoms with van der Waals surface area (Å²) in [6.07, 6.45) is 3.13. The summed E-state index contributed by atoms with van der Waals surface area (Å²) in [4.78, 5) is 2.42. The van der Waals surface area contributed by atoms with Crippen LogP contribution in [0.3, 0.4) is 0 Å². The fourth-order valence-electron chi connectivity index (χ4n) is 2.71. The van der Waals surface area contributed by atoms with Gasteiger partial charge in [0.2, 0.25) is 0 Å². The van der Waals surface area contributed by atoms with Crippen LogP contribution in [0.4, 0.5) is 0 Å². The number of nitrogens with one attached hydrogen (secondary N) is 1. The molecule has 0 spiro atoms. The standard InChI is InChI=1S/C11H22N2O2S/c14-16(15)8-1-3-11(10-16)9-13-6-2-4-12-5-7-13/h11-12H,1-10H2. The predicted octanol–water partition coefficient (Wildman–Crippen LogP) is 0.107. The third-order valence-corrected chi connectivity index (χ3v) is 5.40. The topological polar surface area (TPSA) is 49.4 Å². The van der Waals surface area contributed by atoms with Crippen molar-refractivity contribution in [2.24, 2.45) is 5.92 Å². The first-order chi connectivity index (χ1) is 7.66. The molecule has 0 radical (unpaired) electrons. The monoisotopic (exact) mass is 246 g/mol. The van der Waals surface area contributed by atoms with Gasteiger partial charge < -0.3 is 10.2 Å². The molecule has 0 aromatic carbocycles. The number of rotatable bonds is 2. The van der Waals surface area contributed by atoms with Crippen LogP contribution in [0, 0.1) is 5.92 Å². The second kappa shape index (κ2) is 5.47. The van der Waals surface area contributed by atoms with E-state index >= 15 is 0 Å². The summed E-state index contributed by atoms with van der Waals surface area (Å²) in [6.45, 7) is 5.29. The smallest absolute Gasteiger partial charge is 0.150 e. The molecule has 2 aliphatic heterocycles. The van der Waals surface area contributed by atoms with Crippen LogP contribution in [-0.4, -0.2) is 57.5 Å². The number of sulfone groups is 1. The maximum atomic E-state index is 11.5. The Hall–Kier alpha value is -0.130. The zero-order valence-corrected chi connectivity index (χ0v) is 10.6.